The molecule has 0 saturated carbocycles. The van der Waals surface area contributed by atoms with E-state index in [1.165, 1.54) is 12.7 Å². The number of carbonyl (C=O) groups excluding carboxylic acids is 1. The molecule has 17 heavy (non-hydrogen) atoms. The van der Waals surface area contributed by atoms with Crippen molar-refractivity contribution < 1.29 is 14.3 Å². The van der Waals surface area contributed by atoms with Crippen LogP contribution in [0.3, 0.4) is 0 Å². The third-order valence-electron chi connectivity index (χ3n) is 3.51. The average Bonchev–Trinajstić information content (AvgIpc) is 2.76. The zero-order chi connectivity index (χ0) is 12.5. The van der Waals surface area contributed by atoms with Crippen LogP contribution in [0.15, 0.2) is 18.2 Å². The van der Waals surface area contributed by atoms with Crippen molar-refractivity contribution in [3.8, 4) is 5.75 Å². The van der Waals surface area contributed by atoms with Gasteiger partial charge in [-0.25, -0.2) is 4.79 Å². The number of likely N-dealkylation sites (N-methyl/N-ethyl adjacent to an activating group) is 1. The number of hydrogen-bond acceptors (Lipinski definition) is 4. The lowest BCUT2D eigenvalue weighted by molar-refractivity contribution is -0.148. The lowest BCUT2D eigenvalue weighted by atomic mass is 9.92. The second kappa shape index (κ2) is 4.37. The molecule has 1 aromatic carbocycles. The molecule has 0 aromatic heterocycles. The van der Waals surface area contributed by atoms with E-state index in [2.05, 4.69) is 5.32 Å². The van der Waals surface area contributed by atoms with Crippen molar-refractivity contribution in [1.29, 1.82) is 0 Å². The minimum atomic E-state index is -0.724. The summed E-state index contributed by atoms with van der Waals surface area (Å²) in [5, 5.41) is 3.11. The van der Waals surface area contributed by atoms with Gasteiger partial charge in [-0.15, -0.1) is 0 Å². The lowest BCUT2D eigenvalue weighted by Crippen LogP contribution is -2.46. The summed E-state index contributed by atoms with van der Waals surface area (Å²) in [7, 11) is 4.82. The van der Waals surface area contributed by atoms with Crippen LogP contribution in [0.25, 0.3) is 0 Å². The zero-order valence-corrected chi connectivity index (χ0v) is 10.4. The minimum absolute atomic E-state index is 0.244. The van der Waals surface area contributed by atoms with Crippen molar-refractivity contribution >= 4 is 5.97 Å². The highest BCUT2D eigenvalue weighted by molar-refractivity contribution is 5.84. The largest absolute Gasteiger partial charge is 0.497 e. The van der Waals surface area contributed by atoms with E-state index in [0.29, 0.717) is 0 Å². The Hall–Kier alpha value is -1.55. The summed E-state index contributed by atoms with van der Waals surface area (Å²) < 4.78 is 10.1. The predicted molar refractivity (Wildman–Crippen MR) is 64.1 cm³/mol. The quantitative estimate of drug-likeness (QED) is 0.800. The van der Waals surface area contributed by atoms with Crippen molar-refractivity contribution in [2.45, 2.75) is 18.4 Å². The van der Waals surface area contributed by atoms with E-state index in [-0.39, 0.29) is 5.97 Å². The van der Waals surface area contributed by atoms with Gasteiger partial charge in [-0.1, -0.05) is 6.07 Å². The van der Waals surface area contributed by atoms with Crippen LogP contribution in [-0.4, -0.2) is 27.2 Å². The van der Waals surface area contributed by atoms with E-state index < -0.39 is 5.54 Å². The van der Waals surface area contributed by atoms with E-state index in [1.54, 1.807) is 14.2 Å². The Morgan fingerprint density at radius 2 is 2.18 bits per heavy atom. The topological polar surface area (TPSA) is 47.6 Å². The molecule has 4 nitrogen and oxygen atoms in total. The number of fused-ring (bicyclic) bond motifs is 1. The van der Waals surface area contributed by atoms with E-state index in [9.17, 15) is 4.79 Å². The van der Waals surface area contributed by atoms with Gasteiger partial charge in [-0.3, -0.25) is 0 Å². The number of ether oxygens (including phenoxy) is 2. The minimum Gasteiger partial charge on any atom is -0.497 e. The van der Waals surface area contributed by atoms with Gasteiger partial charge < -0.3 is 14.8 Å². The normalized spacial score (nSPS) is 22.1. The fraction of sp³-hybridized carbons (Fsp3) is 0.462. The third kappa shape index (κ3) is 1.69. The molecule has 0 saturated heterocycles. The van der Waals surface area contributed by atoms with Crippen LogP contribution in [-0.2, 0) is 21.5 Å². The molecule has 1 aliphatic carbocycles. The monoisotopic (exact) mass is 235 g/mol. The molecule has 1 unspecified atom stereocenters. The predicted octanol–water partition coefficient (Wildman–Crippen LogP) is 1.23. The highest BCUT2D eigenvalue weighted by Crippen LogP contribution is 2.39. The number of methoxy groups -OCH3 is 2. The molecule has 0 aliphatic heterocycles. The highest BCUT2D eigenvalue weighted by atomic mass is 16.5. The van der Waals surface area contributed by atoms with Crippen LogP contribution in [0, 0.1) is 0 Å². The first-order valence-electron chi connectivity index (χ1n) is 5.62. The Morgan fingerprint density at radius 1 is 1.41 bits per heavy atom. The summed E-state index contributed by atoms with van der Waals surface area (Å²) in [6.45, 7) is 0. The highest BCUT2D eigenvalue weighted by Gasteiger charge is 2.45. The SMILES string of the molecule is CNC1(C(=O)OC)CCc2ccc(OC)cc21. The average molecular weight is 235 g/mol. The molecule has 2 rings (SSSR count). The van der Waals surface area contributed by atoms with E-state index in [4.69, 9.17) is 9.47 Å². The molecular weight excluding hydrogens is 218 g/mol. The maximum atomic E-state index is 12.0. The molecule has 0 spiro atoms. The second-order valence-electron chi connectivity index (χ2n) is 4.17. The van der Waals surface area contributed by atoms with Gasteiger partial charge in [0, 0.05) is 0 Å². The van der Waals surface area contributed by atoms with E-state index in [0.717, 1.165) is 24.2 Å². The number of rotatable bonds is 3. The Kier molecular flexibility index (Phi) is 3.07. The van der Waals surface area contributed by atoms with Gasteiger partial charge in [0.2, 0.25) is 0 Å². The molecule has 0 radical (unpaired) electrons. The number of nitrogens with one attached hydrogen (secondary N) is 1. The van der Waals surface area contributed by atoms with Crippen LogP contribution in [0.2, 0.25) is 0 Å². The summed E-state index contributed by atoms with van der Waals surface area (Å²) in [4.78, 5) is 12.0. The molecule has 1 aromatic rings. The molecule has 0 fully saturated rings. The smallest absolute Gasteiger partial charge is 0.330 e. The molecule has 0 bridgehead atoms. The maximum absolute atomic E-state index is 12.0. The van der Waals surface area contributed by atoms with Crippen LogP contribution in [0.1, 0.15) is 17.5 Å². The molecule has 4 heteroatoms. The number of carbonyl (C=O) groups is 1. The van der Waals surface area contributed by atoms with Gasteiger partial charge in [0.1, 0.15) is 11.3 Å². The second-order valence-corrected chi connectivity index (χ2v) is 4.17. The Labute approximate surface area is 101 Å². The summed E-state index contributed by atoms with van der Waals surface area (Å²) >= 11 is 0. The summed E-state index contributed by atoms with van der Waals surface area (Å²) in [6, 6.07) is 5.84. The van der Waals surface area contributed by atoms with Crippen LogP contribution >= 0.6 is 0 Å². The Balaban J connectivity index is 2.52. The van der Waals surface area contributed by atoms with Crippen molar-refractivity contribution in [1.82, 2.24) is 5.32 Å². The lowest BCUT2D eigenvalue weighted by Gasteiger charge is -2.27. The molecule has 1 N–H and O–H groups in total. The summed E-state index contributed by atoms with van der Waals surface area (Å²) in [5.74, 6) is 0.515. The molecular formula is C13H17NO3. The fourth-order valence-corrected chi connectivity index (χ4v) is 2.50. The zero-order valence-electron chi connectivity index (χ0n) is 10.4. The van der Waals surface area contributed by atoms with Crippen molar-refractivity contribution in [2.75, 3.05) is 21.3 Å². The first kappa shape index (κ1) is 11.9. The van der Waals surface area contributed by atoms with Crippen LogP contribution in [0.4, 0.5) is 0 Å². The van der Waals surface area contributed by atoms with Gasteiger partial charge in [0.15, 0.2) is 0 Å². The van der Waals surface area contributed by atoms with E-state index in [1.807, 2.05) is 18.2 Å². The molecule has 1 aliphatic rings. The summed E-state index contributed by atoms with van der Waals surface area (Å²) in [5.41, 5.74) is 1.41. The number of hydrogen-bond donors (Lipinski definition) is 1. The molecule has 0 amide bonds. The standard InChI is InChI=1S/C13H17NO3/c1-14-13(12(15)17-3)7-6-9-4-5-10(16-2)8-11(9)13/h4-5,8,14H,6-7H2,1-3H3. The van der Waals surface area contributed by atoms with Crippen LogP contribution in [0.5, 0.6) is 5.75 Å². The Bertz CT molecular complexity index is 444. The summed E-state index contributed by atoms with van der Waals surface area (Å²) in [6.07, 6.45) is 1.59. The van der Waals surface area contributed by atoms with E-state index >= 15 is 0 Å². The fourth-order valence-electron chi connectivity index (χ4n) is 2.50. The number of benzene rings is 1. The van der Waals surface area contributed by atoms with Gasteiger partial charge in [0.25, 0.3) is 0 Å². The molecule has 92 valence electrons. The number of aryl methyl sites for hydroxylation is 1. The molecule has 1 atom stereocenters. The first-order chi connectivity index (χ1) is 8.17. The van der Waals surface area contributed by atoms with Gasteiger partial charge in [0.05, 0.1) is 14.2 Å². The third-order valence-corrected chi connectivity index (χ3v) is 3.51. The van der Waals surface area contributed by atoms with Crippen LogP contribution < -0.4 is 10.1 Å². The van der Waals surface area contributed by atoms with Gasteiger partial charge in [-0.2, -0.15) is 0 Å². The van der Waals surface area contributed by atoms with Gasteiger partial charge in [-0.05, 0) is 43.1 Å². The Morgan fingerprint density at radius 3 is 2.76 bits per heavy atom. The van der Waals surface area contributed by atoms with Crippen molar-refractivity contribution in [3.05, 3.63) is 29.3 Å². The first-order valence-corrected chi connectivity index (χ1v) is 5.62. The molecule has 0 heterocycles. The maximum Gasteiger partial charge on any atom is 0.330 e. The van der Waals surface area contributed by atoms with Gasteiger partial charge >= 0.3 is 5.97 Å². The van der Waals surface area contributed by atoms with Crippen molar-refractivity contribution in [3.63, 3.8) is 0 Å². The number of esters is 1. The van der Waals surface area contributed by atoms with Crippen molar-refractivity contribution in [2.24, 2.45) is 0 Å².